The van der Waals surface area contributed by atoms with Gasteiger partial charge in [-0.05, 0) is 18.8 Å². The van der Waals surface area contributed by atoms with Crippen LogP contribution < -0.4 is 0 Å². The van der Waals surface area contributed by atoms with Gasteiger partial charge < -0.3 is 9.67 Å². The molecule has 1 aliphatic rings. The highest BCUT2D eigenvalue weighted by atomic mass is 16.3. The van der Waals surface area contributed by atoms with Gasteiger partial charge in [0.1, 0.15) is 12.9 Å². The molecule has 15 heavy (non-hydrogen) atoms. The first kappa shape index (κ1) is 10.6. The summed E-state index contributed by atoms with van der Waals surface area (Å²) in [4.78, 5) is 0. The van der Waals surface area contributed by atoms with Crippen molar-refractivity contribution in [2.75, 3.05) is 0 Å². The molecule has 0 atom stereocenters. The zero-order valence-corrected chi connectivity index (χ0v) is 9.10. The van der Waals surface area contributed by atoms with E-state index in [2.05, 4.69) is 10.2 Å². The molecule has 0 aromatic carbocycles. The van der Waals surface area contributed by atoms with Gasteiger partial charge in [0.05, 0.1) is 0 Å². The molecule has 0 bridgehead atoms. The van der Waals surface area contributed by atoms with Crippen molar-refractivity contribution in [1.82, 2.24) is 14.8 Å². The Labute approximate surface area is 90.3 Å². The molecule has 1 N–H and O–H groups in total. The first-order valence-electron chi connectivity index (χ1n) is 5.87. The predicted molar refractivity (Wildman–Crippen MR) is 57.1 cm³/mol. The van der Waals surface area contributed by atoms with E-state index < -0.39 is 0 Å². The molecule has 84 valence electrons. The van der Waals surface area contributed by atoms with Gasteiger partial charge in [-0.25, -0.2) is 0 Å². The lowest BCUT2D eigenvalue weighted by Crippen LogP contribution is -2.04. The van der Waals surface area contributed by atoms with Crippen molar-refractivity contribution in [3.63, 3.8) is 0 Å². The minimum Gasteiger partial charge on any atom is -0.388 e. The van der Waals surface area contributed by atoms with E-state index in [-0.39, 0.29) is 6.61 Å². The summed E-state index contributed by atoms with van der Waals surface area (Å²) < 4.78 is 1.95. The van der Waals surface area contributed by atoms with Gasteiger partial charge in [0.25, 0.3) is 0 Å². The number of rotatable bonds is 5. The number of aliphatic hydroxyl groups is 1. The summed E-state index contributed by atoms with van der Waals surface area (Å²) in [6.45, 7) is 0.933. The van der Waals surface area contributed by atoms with Gasteiger partial charge in [0, 0.05) is 6.54 Å². The monoisotopic (exact) mass is 209 g/mol. The molecule has 1 aromatic rings. The molecule has 1 aromatic heterocycles. The smallest absolute Gasteiger partial charge is 0.158 e. The Morgan fingerprint density at radius 3 is 2.93 bits per heavy atom. The second kappa shape index (κ2) is 5.26. The summed E-state index contributed by atoms with van der Waals surface area (Å²) in [5, 5.41) is 16.6. The lowest BCUT2D eigenvalue weighted by atomic mass is 10.0. The molecule has 1 heterocycles. The molecule has 2 rings (SSSR count). The van der Waals surface area contributed by atoms with Crippen LogP contribution in [0.1, 0.15) is 44.3 Å². The Morgan fingerprint density at radius 1 is 1.40 bits per heavy atom. The Bertz CT molecular complexity index is 292. The maximum Gasteiger partial charge on any atom is 0.158 e. The fourth-order valence-electron chi connectivity index (χ4n) is 2.44. The normalized spacial score (nSPS) is 17.4. The van der Waals surface area contributed by atoms with Crippen LogP contribution in [0.2, 0.25) is 0 Å². The van der Waals surface area contributed by atoms with Gasteiger partial charge in [-0.15, -0.1) is 10.2 Å². The fraction of sp³-hybridized carbons (Fsp3) is 0.818. The van der Waals surface area contributed by atoms with Gasteiger partial charge in [-0.3, -0.25) is 0 Å². The molecule has 1 saturated carbocycles. The SMILES string of the molecule is OCc1nncn1CCCC1CCCC1. The molecule has 0 amide bonds. The van der Waals surface area contributed by atoms with Crippen molar-refractivity contribution < 1.29 is 5.11 Å². The van der Waals surface area contributed by atoms with Crippen LogP contribution in [-0.2, 0) is 13.2 Å². The summed E-state index contributed by atoms with van der Waals surface area (Å²) >= 11 is 0. The molecule has 1 fully saturated rings. The summed E-state index contributed by atoms with van der Waals surface area (Å²) in [5.74, 6) is 1.63. The highest BCUT2D eigenvalue weighted by Gasteiger charge is 2.14. The Kier molecular flexibility index (Phi) is 3.72. The molecule has 4 nitrogen and oxygen atoms in total. The number of hydrogen-bond acceptors (Lipinski definition) is 3. The van der Waals surface area contributed by atoms with E-state index in [9.17, 15) is 0 Å². The average Bonchev–Trinajstić information content (AvgIpc) is 2.88. The van der Waals surface area contributed by atoms with Gasteiger partial charge in [0.2, 0.25) is 0 Å². The molecule has 0 saturated heterocycles. The van der Waals surface area contributed by atoms with Crippen LogP contribution in [0.4, 0.5) is 0 Å². The standard InChI is InChI=1S/C11H19N3O/c15-8-11-13-12-9-14(11)7-3-6-10-4-1-2-5-10/h9-10,15H,1-8H2. The second-order valence-electron chi connectivity index (χ2n) is 4.39. The van der Waals surface area contributed by atoms with E-state index in [1.807, 2.05) is 4.57 Å². The number of aryl methyl sites for hydroxylation is 1. The van der Waals surface area contributed by atoms with Crippen LogP contribution in [0.15, 0.2) is 6.33 Å². The van der Waals surface area contributed by atoms with Crippen molar-refractivity contribution in [2.24, 2.45) is 5.92 Å². The molecule has 4 heteroatoms. The molecule has 0 aliphatic heterocycles. The second-order valence-corrected chi connectivity index (χ2v) is 4.39. The molecular formula is C11H19N3O. The molecule has 1 aliphatic carbocycles. The predicted octanol–water partition coefficient (Wildman–Crippen LogP) is 1.74. The van der Waals surface area contributed by atoms with Crippen molar-refractivity contribution in [2.45, 2.75) is 51.7 Å². The summed E-state index contributed by atoms with van der Waals surface area (Å²) in [6.07, 6.45) is 9.85. The van der Waals surface area contributed by atoms with Gasteiger partial charge in [0.15, 0.2) is 5.82 Å². The Hall–Kier alpha value is -0.900. The van der Waals surface area contributed by atoms with Crippen molar-refractivity contribution in [1.29, 1.82) is 0 Å². The Balaban J connectivity index is 1.73. The third-order valence-electron chi connectivity index (χ3n) is 3.32. The van der Waals surface area contributed by atoms with E-state index in [4.69, 9.17) is 5.11 Å². The van der Waals surface area contributed by atoms with Crippen molar-refractivity contribution >= 4 is 0 Å². The molecule has 0 spiro atoms. The van der Waals surface area contributed by atoms with E-state index in [1.165, 1.54) is 38.5 Å². The number of nitrogens with zero attached hydrogens (tertiary/aromatic N) is 3. The highest BCUT2D eigenvalue weighted by Crippen LogP contribution is 2.28. The maximum absolute atomic E-state index is 8.99. The quantitative estimate of drug-likeness (QED) is 0.803. The van der Waals surface area contributed by atoms with Crippen molar-refractivity contribution in [3.05, 3.63) is 12.2 Å². The zero-order valence-electron chi connectivity index (χ0n) is 9.10. The minimum absolute atomic E-state index is 0.0105. The van der Waals surface area contributed by atoms with Crippen LogP contribution in [0, 0.1) is 5.92 Å². The molecule has 0 radical (unpaired) electrons. The third-order valence-corrected chi connectivity index (χ3v) is 3.32. The van der Waals surface area contributed by atoms with Crippen LogP contribution >= 0.6 is 0 Å². The van der Waals surface area contributed by atoms with E-state index >= 15 is 0 Å². The minimum atomic E-state index is -0.0105. The Morgan fingerprint density at radius 2 is 2.20 bits per heavy atom. The first-order valence-corrected chi connectivity index (χ1v) is 5.87. The van der Waals surface area contributed by atoms with E-state index in [1.54, 1.807) is 6.33 Å². The lowest BCUT2D eigenvalue weighted by molar-refractivity contribution is 0.263. The average molecular weight is 209 g/mol. The van der Waals surface area contributed by atoms with Gasteiger partial charge in [-0.1, -0.05) is 25.7 Å². The lowest BCUT2D eigenvalue weighted by Gasteiger charge is -2.09. The van der Waals surface area contributed by atoms with E-state index in [0.29, 0.717) is 5.82 Å². The number of aliphatic hydroxyl groups excluding tert-OH is 1. The molecule has 0 unspecified atom stereocenters. The summed E-state index contributed by atoms with van der Waals surface area (Å²) in [6, 6.07) is 0. The van der Waals surface area contributed by atoms with Gasteiger partial charge in [-0.2, -0.15) is 0 Å². The van der Waals surface area contributed by atoms with Crippen molar-refractivity contribution in [3.8, 4) is 0 Å². The summed E-state index contributed by atoms with van der Waals surface area (Å²) in [5.41, 5.74) is 0. The maximum atomic E-state index is 8.99. The van der Waals surface area contributed by atoms with Crippen LogP contribution in [0.5, 0.6) is 0 Å². The fourth-order valence-corrected chi connectivity index (χ4v) is 2.44. The van der Waals surface area contributed by atoms with Crippen LogP contribution in [-0.4, -0.2) is 19.9 Å². The largest absolute Gasteiger partial charge is 0.388 e. The van der Waals surface area contributed by atoms with Crippen LogP contribution in [0.25, 0.3) is 0 Å². The number of aromatic nitrogens is 3. The molecular weight excluding hydrogens is 190 g/mol. The van der Waals surface area contributed by atoms with E-state index in [0.717, 1.165) is 12.5 Å². The summed E-state index contributed by atoms with van der Waals surface area (Å²) in [7, 11) is 0. The zero-order chi connectivity index (χ0) is 10.5. The first-order chi connectivity index (χ1) is 7.40. The number of hydrogen-bond donors (Lipinski definition) is 1. The van der Waals surface area contributed by atoms with Gasteiger partial charge >= 0.3 is 0 Å². The highest BCUT2D eigenvalue weighted by molar-refractivity contribution is 4.82. The topological polar surface area (TPSA) is 50.9 Å². The van der Waals surface area contributed by atoms with Crippen LogP contribution in [0.3, 0.4) is 0 Å². The third kappa shape index (κ3) is 2.78.